The maximum atomic E-state index is 12.0. The lowest BCUT2D eigenvalue weighted by molar-refractivity contribution is 0.0959. The lowest BCUT2D eigenvalue weighted by Crippen LogP contribution is -2.23. The van der Waals surface area contributed by atoms with Crippen molar-refractivity contribution >= 4 is 33.1 Å². The summed E-state index contributed by atoms with van der Waals surface area (Å²) in [7, 11) is 0. The van der Waals surface area contributed by atoms with E-state index in [1.165, 1.54) is 11.3 Å². The Bertz CT molecular complexity index is 589. The molecule has 0 saturated heterocycles. The molecule has 0 unspecified atom stereocenters. The normalized spacial score (nSPS) is 11.2. The minimum atomic E-state index is -0.125. The summed E-state index contributed by atoms with van der Waals surface area (Å²) in [6.45, 7) is 2.57. The molecule has 2 aromatic rings. The second kappa shape index (κ2) is 5.64. The highest BCUT2D eigenvalue weighted by molar-refractivity contribution is 7.21. The number of hydrogen-bond donors (Lipinski definition) is 2. The zero-order chi connectivity index (χ0) is 13.0. The number of allylic oxidation sites excluding steroid dienone is 1. The monoisotopic (exact) mass is 261 g/mol. The lowest BCUT2D eigenvalue weighted by Gasteiger charge is -2.01. The average Bonchev–Trinajstić information content (AvgIpc) is 2.73. The summed E-state index contributed by atoms with van der Waals surface area (Å²) in [6.07, 6.45) is 6.50. The fourth-order valence-corrected chi connectivity index (χ4v) is 2.62. The molecule has 18 heavy (non-hydrogen) atoms. The summed E-state index contributed by atoms with van der Waals surface area (Å²) in [6, 6.07) is 3.70. The number of hydrogen-bond acceptors (Lipinski definition) is 4. The maximum Gasteiger partial charge on any atom is 0.263 e. The molecule has 94 valence electrons. The molecule has 2 rings (SSSR count). The number of nitrogen functional groups attached to an aromatic ring is 1. The van der Waals surface area contributed by atoms with Gasteiger partial charge in [0.05, 0.1) is 5.69 Å². The van der Waals surface area contributed by atoms with Gasteiger partial charge in [-0.1, -0.05) is 12.2 Å². The molecule has 5 heteroatoms. The molecule has 0 aliphatic heterocycles. The number of rotatable bonds is 4. The van der Waals surface area contributed by atoms with Crippen LogP contribution in [0.2, 0.25) is 0 Å². The van der Waals surface area contributed by atoms with Gasteiger partial charge in [0.15, 0.2) is 0 Å². The minimum Gasteiger partial charge on any atom is -0.397 e. The molecule has 0 fully saturated rings. The molecule has 0 aliphatic rings. The number of nitrogens with zero attached hydrogens (tertiary/aromatic N) is 1. The molecule has 0 bridgehead atoms. The third-order valence-electron chi connectivity index (χ3n) is 2.54. The van der Waals surface area contributed by atoms with Crippen molar-refractivity contribution < 1.29 is 4.79 Å². The first kappa shape index (κ1) is 12.6. The van der Waals surface area contributed by atoms with Gasteiger partial charge >= 0.3 is 0 Å². The van der Waals surface area contributed by atoms with Gasteiger partial charge in [-0.25, -0.2) is 4.98 Å². The van der Waals surface area contributed by atoms with Crippen molar-refractivity contribution in [3.63, 3.8) is 0 Å². The van der Waals surface area contributed by atoms with E-state index >= 15 is 0 Å². The molecule has 2 aromatic heterocycles. The van der Waals surface area contributed by atoms with Crippen LogP contribution in [0.25, 0.3) is 10.2 Å². The van der Waals surface area contributed by atoms with Crippen molar-refractivity contribution in [2.24, 2.45) is 0 Å². The van der Waals surface area contributed by atoms with Crippen LogP contribution in [-0.2, 0) is 0 Å². The minimum absolute atomic E-state index is 0.125. The van der Waals surface area contributed by atoms with E-state index < -0.39 is 0 Å². The quantitative estimate of drug-likeness (QED) is 0.656. The van der Waals surface area contributed by atoms with Crippen molar-refractivity contribution in [1.82, 2.24) is 10.3 Å². The summed E-state index contributed by atoms with van der Waals surface area (Å²) < 4.78 is 0. The second-order valence-electron chi connectivity index (χ2n) is 3.81. The molecule has 0 spiro atoms. The Labute approximate surface area is 110 Å². The lowest BCUT2D eigenvalue weighted by atomic mass is 10.2. The number of thiophene rings is 1. The predicted molar refractivity (Wildman–Crippen MR) is 75.8 cm³/mol. The number of nitrogens with two attached hydrogens (primary N) is 1. The highest BCUT2D eigenvalue weighted by atomic mass is 32.1. The first-order valence-electron chi connectivity index (χ1n) is 5.76. The van der Waals surface area contributed by atoms with Gasteiger partial charge in [0.25, 0.3) is 5.91 Å². The molecule has 0 aliphatic carbocycles. The van der Waals surface area contributed by atoms with Crippen molar-refractivity contribution in [2.45, 2.75) is 13.3 Å². The van der Waals surface area contributed by atoms with Crippen LogP contribution in [0.1, 0.15) is 23.0 Å². The molecule has 0 radical (unpaired) electrons. The Morgan fingerprint density at radius 1 is 1.61 bits per heavy atom. The fourth-order valence-electron chi connectivity index (χ4n) is 1.64. The van der Waals surface area contributed by atoms with E-state index in [-0.39, 0.29) is 5.91 Å². The van der Waals surface area contributed by atoms with Crippen LogP contribution in [-0.4, -0.2) is 17.4 Å². The van der Waals surface area contributed by atoms with Gasteiger partial charge in [-0.15, -0.1) is 11.3 Å². The van der Waals surface area contributed by atoms with Crippen molar-refractivity contribution in [2.75, 3.05) is 12.3 Å². The number of fused-ring (bicyclic) bond motifs is 1. The van der Waals surface area contributed by atoms with Gasteiger partial charge in [-0.05, 0) is 25.5 Å². The first-order chi connectivity index (χ1) is 8.74. The SMILES string of the molecule is C/C=C/CCNC(=O)c1sc2ncccc2c1N. The maximum absolute atomic E-state index is 12.0. The van der Waals surface area contributed by atoms with E-state index in [4.69, 9.17) is 5.73 Å². The van der Waals surface area contributed by atoms with Gasteiger partial charge in [0, 0.05) is 18.1 Å². The Balaban J connectivity index is 2.15. The molecule has 3 N–H and O–H groups in total. The van der Waals surface area contributed by atoms with Gasteiger partial charge in [0.1, 0.15) is 9.71 Å². The fraction of sp³-hybridized carbons (Fsp3) is 0.231. The number of nitrogens with one attached hydrogen (secondary N) is 1. The summed E-state index contributed by atoms with van der Waals surface area (Å²) in [5.41, 5.74) is 6.49. The summed E-state index contributed by atoms with van der Waals surface area (Å²) in [4.78, 5) is 17.5. The molecule has 0 aromatic carbocycles. The van der Waals surface area contributed by atoms with Crippen molar-refractivity contribution in [1.29, 1.82) is 0 Å². The second-order valence-corrected chi connectivity index (χ2v) is 4.81. The van der Waals surface area contributed by atoms with Crippen LogP contribution in [0.15, 0.2) is 30.5 Å². The van der Waals surface area contributed by atoms with E-state index in [1.807, 2.05) is 31.2 Å². The van der Waals surface area contributed by atoms with Crippen molar-refractivity contribution in [3.8, 4) is 0 Å². The molecule has 0 atom stereocenters. The zero-order valence-electron chi connectivity index (χ0n) is 10.1. The van der Waals surface area contributed by atoms with E-state index in [1.54, 1.807) is 6.20 Å². The topological polar surface area (TPSA) is 68.0 Å². The molecule has 2 heterocycles. The molecule has 1 amide bonds. The highest BCUT2D eigenvalue weighted by Crippen LogP contribution is 2.31. The average molecular weight is 261 g/mol. The van der Waals surface area contributed by atoms with Crippen LogP contribution in [0.4, 0.5) is 5.69 Å². The van der Waals surface area contributed by atoms with Gasteiger partial charge in [-0.3, -0.25) is 4.79 Å². The van der Waals surface area contributed by atoms with Crippen LogP contribution < -0.4 is 11.1 Å². The molecule has 0 saturated carbocycles. The first-order valence-corrected chi connectivity index (χ1v) is 6.58. The van der Waals surface area contributed by atoms with Crippen LogP contribution in [0.5, 0.6) is 0 Å². The number of aromatic nitrogens is 1. The van der Waals surface area contributed by atoms with Gasteiger partial charge < -0.3 is 11.1 Å². The predicted octanol–water partition coefficient (Wildman–Crippen LogP) is 2.57. The van der Waals surface area contributed by atoms with Gasteiger partial charge in [-0.2, -0.15) is 0 Å². The van der Waals surface area contributed by atoms with E-state index in [0.717, 1.165) is 16.6 Å². The Morgan fingerprint density at radius 2 is 2.44 bits per heavy atom. The van der Waals surface area contributed by atoms with Crippen molar-refractivity contribution in [3.05, 3.63) is 35.4 Å². The molecule has 4 nitrogen and oxygen atoms in total. The van der Waals surface area contributed by atoms with E-state index in [9.17, 15) is 4.79 Å². The highest BCUT2D eigenvalue weighted by Gasteiger charge is 2.15. The third-order valence-corrected chi connectivity index (χ3v) is 3.67. The zero-order valence-corrected chi connectivity index (χ0v) is 11.0. The Kier molecular flexibility index (Phi) is 3.94. The Hall–Kier alpha value is -1.88. The molecular formula is C13H15N3OS. The van der Waals surface area contributed by atoms with Crippen LogP contribution in [0, 0.1) is 0 Å². The Morgan fingerprint density at radius 3 is 3.17 bits per heavy atom. The third kappa shape index (κ3) is 2.51. The van der Waals surface area contributed by atoms with Crippen LogP contribution in [0.3, 0.4) is 0 Å². The number of carbonyl (C=O) groups excluding carboxylic acids is 1. The summed E-state index contributed by atoms with van der Waals surface area (Å²) in [5.74, 6) is -0.125. The number of amides is 1. The van der Waals surface area contributed by atoms with Crippen LogP contribution >= 0.6 is 11.3 Å². The number of carbonyl (C=O) groups is 1. The van der Waals surface area contributed by atoms with Gasteiger partial charge in [0.2, 0.25) is 0 Å². The van der Waals surface area contributed by atoms with E-state index in [2.05, 4.69) is 10.3 Å². The summed E-state index contributed by atoms with van der Waals surface area (Å²) >= 11 is 1.33. The standard InChI is InChI=1S/C13H15N3OS/c1-2-3-4-7-15-12(17)11-10(14)9-6-5-8-16-13(9)18-11/h2-3,5-6,8H,4,7,14H2,1H3,(H,15,17)/b3-2+. The number of anilines is 1. The number of pyridine rings is 1. The van der Waals surface area contributed by atoms with E-state index in [0.29, 0.717) is 17.1 Å². The summed E-state index contributed by atoms with van der Waals surface area (Å²) in [5, 5.41) is 3.70. The smallest absolute Gasteiger partial charge is 0.263 e. The largest absolute Gasteiger partial charge is 0.397 e. The molecular weight excluding hydrogens is 246 g/mol.